The lowest BCUT2D eigenvalue weighted by molar-refractivity contribution is 0.0527. The molecule has 28 heavy (non-hydrogen) atoms. The highest BCUT2D eigenvalue weighted by Gasteiger charge is 2.15. The largest absolute Gasteiger partial charge is 0.444 e. The van der Waals surface area contributed by atoms with Crippen molar-refractivity contribution in [3.05, 3.63) is 35.4 Å². The lowest BCUT2D eigenvalue weighted by atomic mass is 10.1. The fourth-order valence-corrected chi connectivity index (χ4v) is 2.24. The van der Waals surface area contributed by atoms with E-state index in [9.17, 15) is 9.59 Å². The third kappa shape index (κ3) is 9.80. The van der Waals surface area contributed by atoms with Crippen molar-refractivity contribution in [1.29, 1.82) is 0 Å². The third-order valence-electron chi connectivity index (χ3n) is 3.55. The summed E-state index contributed by atoms with van der Waals surface area (Å²) in [6.45, 7) is 9.75. The number of hydrogen-bond donors (Lipinski definition) is 4. The second-order valence-electron chi connectivity index (χ2n) is 7.19. The average molecular weight is 392 g/mol. The van der Waals surface area contributed by atoms with Gasteiger partial charge in [0.25, 0.3) is 5.91 Å². The Morgan fingerprint density at radius 1 is 1.00 bits per heavy atom. The lowest BCUT2D eigenvalue weighted by Gasteiger charge is -2.19. The van der Waals surface area contributed by atoms with Gasteiger partial charge in [-0.25, -0.2) is 4.79 Å². The first-order valence-electron chi connectivity index (χ1n) is 9.53. The van der Waals surface area contributed by atoms with E-state index < -0.39 is 11.7 Å². The van der Waals surface area contributed by atoms with Gasteiger partial charge >= 0.3 is 6.09 Å². The van der Waals surface area contributed by atoms with Crippen molar-refractivity contribution in [2.45, 2.75) is 46.3 Å². The third-order valence-corrected chi connectivity index (χ3v) is 3.55. The zero-order valence-corrected chi connectivity index (χ0v) is 17.5. The van der Waals surface area contributed by atoms with Crippen LogP contribution in [0.1, 0.15) is 50.0 Å². The Balaban J connectivity index is 2.28. The van der Waals surface area contributed by atoms with Gasteiger partial charge in [-0.05, 0) is 51.8 Å². The first-order chi connectivity index (χ1) is 13.2. The molecule has 4 N–H and O–H groups in total. The van der Waals surface area contributed by atoms with E-state index in [2.05, 4.69) is 26.3 Å². The summed E-state index contributed by atoms with van der Waals surface area (Å²) in [4.78, 5) is 27.5. The monoisotopic (exact) mass is 391 g/mol. The average Bonchev–Trinajstić information content (AvgIpc) is 2.63. The molecule has 0 atom stereocenters. The summed E-state index contributed by atoms with van der Waals surface area (Å²) in [6.07, 6.45) is 0.326. The molecule has 1 aromatic carbocycles. The van der Waals surface area contributed by atoms with Gasteiger partial charge in [0.15, 0.2) is 5.96 Å². The zero-order valence-electron chi connectivity index (χ0n) is 17.5. The molecular weight excluding hydrogens is 358 g/mol. The summed E-state index contributed by atoms with van der Waals surface area (Å²) in [7, 11) is 1.70. The van der Waals surface area contributed by atoms with Crippen molar-refractivity contribution in [2.75, 3.05) is 26.7 Å². The van der Waals surface area contributed by atoms with Crippen LogP contribution in [-0.4, -0.2) is 50.2 Å². The number of hydrogen-bond acceptors (Lipinski definition) is 4. The van der Waals surface area contributed by atoms with Crippen LogP contribution in [-0.2, 0) is 11.3 Å². The van der Waals surface area contributed by atoms with Gasteiger partial charge < -0.3 is 26.0 Å². The Morgan fingerprint density at radius 2 is 1.64 bits per heavy atom. The molecule has 0 aliphatic carbocycles. The van der Waals surface area contributed by atoms with Crippen molar-refractivity contribution in [2.24, 2.45) is 4.99 Å². The number of guanidine groups is 1. The van der Waals surface area contributed by atoms with Gasteiger partial charge in [0.2, 0.25) is 0 Å². The molecule has 0 fully saturated rings. The molecule has 0 heterocycles. The smallest absolute Gasteiger partial charge is 0.407 e. The quantitative estimate of drug-likeness (QED) is 0.308. The van der Waals surface area contributed by atoms with Crippen LogP contribution in [0, 0.1) is 0 Å². The van der Waals surface area contributed by atoms with E-state index in [1.54, 1.807) is 19.2 Å². The number of nitrogens with one attached hydrogen (secondary N) is 4. The van der Waals surface area contributed by atoms with E-state index in [1.807, 2.05) is 39.8 Å². The summed E-state index contributed by atoms with van der Waals surface area (Å²) in [5.74, 6) is 0.601. The predicted octanol–water partition coefficient (Wildman–Crippen LogP) is 2.02. The fourth-order valence-electron chi connectivity index (χ4n) is 2.24. The summed E-state index contributed by atoms with van der Waals surface area (Å²) < 4.78 is 5.18. The molecule has 0 radical (unpaired) electrons. The molecule has 0 aliphatic rings. The number of rotatable bonds is 8. The highest BCUT2D eigenvalue weighted by molar-refractivity contribution is 5.94. The fraction of sp³-hybridized carbons (Fsp3) is 0.550. The second kappa shape index (κ2) is 11.8. The molecule has 0 spiro atoms. The van der Waals surface area contributed by atoms with Gasteiger partial charge in [0.1, 0.15) is 5.60 Å². The minimum absolute atomic E-state index is 0.0699. The normalized spacial score (nSPS) is 11.5. The van der Waals surface area contributed by atoms with Crippen molar-refractivity contribution in [1.82, 2.24) is 21.3 Å². The minimum Gasteiger partial charge on any atom is -0.444 e. The predicted molar refractivity (Wildman–Crippen MR) is 112 cm³/mol. The maximum Gasteiger partial charge on any atom is 0.407 e. The maximum atomic E-state index is 11.8. The molecule has 0 aromatic heterocycles. The maximum absolute atomic E-state index is 11.8. The van der Waals surface area contributed by atoms with Gasteiger partial charge in [-0.15, -0.1) is 0 Å². The van der Waals surface area contributed by atoms with Crippen molar-refractivity contribution in [3.63, 3.8) is 0 Å². The van der Waals surface area contributed by atoms with Crippen molar-refractivity contribution in [3.8, 4) is 0 Å². The number of amides is 2. The molecule has 0 saturated carbocycles. The molecule has 8 heteroatoms. The molecule has 0 aliphatic heterocycles. The van der Waals surface area contributed by atoms with Crippen LogP contribution in [0.15, 0.2) is 29.3 Å². The van der Waals surface area contributed by atoms with Crippen LogP contribution in [0.3, 0.4) is 0 Å². The topological polar surface area (TPSA) is 104 Å². The van der Waals surface area contributed by atoms with Crippen LogP contribution in [0.4, 0.5) is 4.79 Å². The highest BCUT2D eigenvalue weighted by Crippen LogP contribution is 2.06. The van der Waals surface area contributed by atoms with Crippen LogP contribution in [0.5, 0.6) is 0 Å². The first-order valence-corrected chi connectivity index (χ1v) is 9.53. The minimum atomic E-state index is -0.494. The summed E-state index contributed by atoms with van der Waals surface area (Å²) in [5.41, 5.74) is 1.19. The molecule has 0 unspecified atom stereocenters. The van der Waals surface area contributed by atoms with Gasteiger partial charge in [-0.2, -0.15) is 0 Å². The number of carbonyl (C=O) groups is 2. The van der Waals surface area contributed by atoms with Crippen LogP contribution in [0.2, 0.25) is 0 Å². The molecule has 2 amide bonds. The number of alkyl carbamates (subject to hydrolysis) is 1. The zero-order chi connectivity index (χ0) is 21.0. The SMILES string of the molecule is CCNC(=O)c1ccc(CNC(=NC)NCCCNC(=O)OC(C)(C)C)cc1. The van der Waals surface area contributed by atoms with Crippen LogP contribution >= 0.6 is 0 Å². The summed E-state index contributed by atoms with van der Waals surface area (Å²) in [6, 6.07) is 7.44. The van der Waals surface area contributed by atoms with Crippen molar-refractivity contribution >= 4 is 18.0 Å². The molecule has 0 saturated heterocycles. The number of nitrogens with zero attached hydrogens (tertiary/aromatic N) is 1. The summed E-state index contributed by atoms with van der Waals surface area (Å²) >= 11 is 0. The Hall–Kier alpha value is -2.77. The Labute approximate surface area is 167 Å². The summed E-state index contributed by atoms with van der Waals surface area (Å²) in [5, 5.41) is 11.9. The van der Waals surface area contributed by atoms with E-state index in [0.29, 0.717) is 37.7 Å². The van der Waals surface area contributed by atoms with E-state index in [0.717, 1.165) is 12.0 Å². The van der Waals surface area contributed by atoms with E-state index in [1.165, 1.54) is 0 Å². The number of ether oxygens (including phenoxy) is 1. The number of aliphatic imine (C=N–C) groups is 1. The molecule has 156 valence electrons. The molecule has 0 bridgehead atoms. The van der Waals surface area contributed by atoms with E-state index in [-0.39, 0.29) is 5.91 Å². The van der Waals surface area contributed by atoms with Gasteiger partial charge in [-0.1, -0.05) is 12.1 Å². The Morgan fingerprint density at radius 3 is 2.21 bits per heavy atom. The standard InChI is InChI=1S/C20H33N5O3/c1-6-22-17(26)16-10-8-15(9-11-16)14-25-18(21-5)23-12-7-13-24-19(27)28-20(2,3)4/h8-11H,6-7,12-14H2,1-5H3,(H,22,26)(H,24,27)(H2,21,23,25). The van der Waals surface area contributed by atoms with Crippen LogP contribution < -0.4 is 21.3 Å². The highest BCUT2D eigenvalue weighted by atomic mass is 16.6. The van der Waals surface area contributed by atoms with Crippen LogP contribution in [0.25, 0.3) is 0 Å². The molecular formula is C20H33N5O3. The first kappa shape index (κ1) is 23.3. The van der Waals surface area contributed by atoms with Crippen molar-refractivity contribution < 1.29 is 14.3 Å². The number of carbonyl (C=O) groups excluding carboxylic acids is 2. The molecule has 8 nitrogen and oxygen atoms in total. The lowest BCUT2D eigenvalue weighted by Crippen LogP contribution is -2.39. The van der Waals surface area contributed by atoms with Gasteiger partial charge in [0, 0.05) is 38.8 Å². The van der Waals surface area contributed by atoms with E-state index >= 15 is 0 Å². The molecule has 1 aromatic rings. The Bertz CT molecular complexity index is 651. The molecule has 1 rings (SSSR count). The Kier molecular flexibility index (Phi) is 9.84. The second-order valence-corrected chi connectivity index (χ2v) is 7.19. The van der Waals surface area contributed by atoms with E-state index in [4.69, 9.17) is 4.74 Å². The van der Waals surface area contributed by atoms with Gasteiger partial charge in [-0.3, -0.25) is 9.79 Å². The van der Waals surface area contributed by atoms with Gasteiger partial charge in [0.05, 0.1) is 0 Å². The number of benzene rings is 1.